The fraction of sp³-hybridized carbons (Fsp3) is 0.571. The van der Waals surface area contributed by atoms with E-state index < -0.39 is 0 Å². The van der Waals surface area contributed by atoms with Crippen molar-refractivity contribution in [2.24, 2.45) is 5.92 Å². The van der Waals surface area contributed by atoms with Gasteiger partial charge in [-0.3, -0.25) is 9.48 Å². The molecule has 0 bridgehead atoms. The van der Waals surface area contributed by atoms with E-state index in [4.69, 9.17) is 0 Å². The van der Waals surface area contributed by atoms with Crippen LogP contribution in [-0.2, 0) is 17.9 Å². The van der Waals surface area contributed by atoms with Gasteiger partial charge < -0.3 is 4.90 Å². The number of amides is 1. The summed E-state index contributed by atoms with van der Waals surface area (Å²) in [4.78, 5) is 14.0. The van der Waals surface area contributed by atoms with Gasteiger partial charge in [0.25, 0.3) is 0 Å². The van der Waals surface area contributed by atoms with Gasteiger partial charge in [0.05, 0.1) is 6.20 Å². The monoisotopic (exact) mass is 247 g/mol. The van der Waals surface area contributed by atoms with Crippen LogP contribution in [0.3, 0.4) is 0 Å². The van der Waals surface area contributed by atoms with Gasteiger partial charge in [-0.1, -0.05) is 12.2 Å². The van der Waals surface area contributed by atoms with Crippen molar-refractivity contribution in [3.8, 4) is 0 Å². The number of carbonyl (C=O) groups excluding carboxylic acids is 1. The Morgan fingerprint density at radius 1 is 1.50 bits per heavy atom. The van der Waals surface area contributed by atoms with E-state index >= 15 is 0 Å². The smallest absolute Gasteiger partial charge is 0.226 e. The van der Waals surface area contributed by atoms with Gasteiger partial charge >= 0.3 is 0 Å². The van der Waals surface area contributed by atoms with E-state index in [9.17, 15) is 4.79 Å². The van der Waals surface area contributed by atoms with Crippen LogP contribution in [0.4, 0.5) is 0 Å². The zero-order valence-electron chi connectivity index (χ0n) is 11.4. The molecule has 18 heavy (non-hydrogen) atoms. The van der Waals surface area contributed by atoms with Gasteiger partial charge in [0.15, 0.2) is 0 Å². The van der Waals surface area contributed by atoms with Crippen molar-refractivity contribution in [2.45, 2.75) is 39.8 Å². The summed E-state index contributed by atoms with van der Waals surface area (Å²) >= 11 is 0. The van der Waals surface area contributed by atoms with Crippen molar-refractivity contribution in [3.63, 3.8) is 0 Å². The molecule has 1 aromatic rings. The topological polar surface area (TPSA) is 38.1 Å². The van der Waals surface area contributed by atoms with Gasteiger partial charge in [-0.15, -0.1) is 0 Å². The highest BCUT2D eigenvalue weighted by Crippen LogP contribution is 2.21. The number of allylic oxidation sites excluding steroid dienone is 2. The Bertz CT molecular complexity index is 454. The summed E-state index contributed by atoms with van der Waals surface area (Å²) in [5.41, 5.74) is 2.29. The molecule has 0 radical (unpaired) electrons. The second kappa shape index (κ2) is 5.38. The largest absolute Gasteiger partial charge is 0.341 e. The van der Waals surface area contributed by atoms with Crippen LogP contribution in [0.15, 0.2) is 18.3 Å². The highest BCUT2D eigenvalue weighted by Gasteiger charge is 2.23. The average Bonchev–Trinajstić information content (AvgIpc) is 2.99. The number of aromatic nitrogens is 2. The maximum Gasteiger partial charge on any atom is 0.226 e. The quantitative estimate of drug-likeness (QED) is 0.764. The molecule has 0 spiro atoms. The van der Waals surface area contributed by atoms with Crippen LogP contribution in [0.5, 0.6) is 0 Å². The second-order valence-corrected chi connectivity index (χ2v) is 4.91. The third kappa shape index (κ3) is 2.47. The Kier molecular flexibility index (Phi) is 3.84. The Balaban J connectivity index is 1.99. The molecular weight excluding hydrogens is 226 g/mol. The molecular formula is C14H21N3O. The van der Waals surface area contributed by atoms with Gasteiger partial charge in [-0.25, -0.2) is 0 Å². The number of aryl methyl sites for hydroxylation is 1. The maximum atomic E-state index is 12.2. The summed E-state index contributed by atoms with van der Waals surface area (Å²) in [6.07, 6.45) is 7.83. The molecule has 2 rings (SSSR count). The van der Waals surface area contributed by atoms with E-state index in [1.165, 1.54) is 0 Å². The Morgan fingerprint density at radius 3 is 2.72 bits per heavy atom. The molecule has 1 aliphatic carbocycles. The normalized spacial score (nSPS) is 15.3. The zero-order chi connectivity index (χ0) is 13.1. The lowest BCUT2D eigenvalue weighted by Gasteiger charge is -2.20. The van der Waals surface area contributed by atoms with Crippen molar-refractivity contribution in [1.82, 2.24) is 14.7 Å². The van der Waals surface area contributed by atoms with Gasteiger partial charge in [0, 0.05) is 37.3 Å². The molecule has 1 heterocycles. The van der Waals surface area contributed by atoms with Crippen LogP contribution < -0.4 is 0 Å². The van der Waals surface area contributed by atoms with E-state index in [0.717, 1.165) is 30.6 Å². The van der Waals surface area contributed by atoms with E-state index in [1.807, 2.05) is 22.8 Å². The molecule has 0 atom stereocenters. The van der Waals surface area contributed by atoms with Gasteiger partial charge in [0.1, 0.15) is 0 Å². The summed E-state index contributed by atoms with van der Waals surface area (Å²) in [5, 5.41) is 4.31. The standard InChI is InChI=1S/C14H21N3O/c1-4-17-11(2)13(9-15-17)10-16(3)14(18)12-7-5-6-8-12/h5-6,9,12H,4,7-8,10H2,1-3H3. The lowest BCUT2D eigenvalue weighted by molar-refractivity contribution is -0.134. The van der Waals surface area contributed by atoms with E-state index in [-0.39, 0.29) is 11.8 Å². The van der Waals surface area contributed by atoms with Gasteiger partial charge in [-0.05, 0) is 26.7 Å². The van der Waals surface area contributed by atoms with Crippen molar-refractivity contribution in [1.29, 1.82) is 0 Å². The first-order chi connectivity index (χ1) is 8.63. The molecule has 4 heteroatoms. The van der Waals surface area contributed by atoms with Crippen molar-refractivity contribution < 1.29 is 4.79 Å². The second-order valence-electron chi connectivity index (χ2n) is 4.91. The number of hydrogen-bond donors (Lipinski definition) is 0. The summed E-state index contributed by atoms with van der Waals surface area (Å²) in [5.74, 6) is 0.389. The lowest BCUT2D eigenvalue weighted by atomic mass is 10.1. The molecule has 4 nitrogen and oxygen atoms in total. The number of nitrogens with zero attached hydrogens (tertiary/aromatic N) is 3. The van der Waals surface area contributed by atoms with Crippen LogP contribution in [0.25, 0.3) is 0 Å². The highest BCUT2D eigenvalue weighted by molar-refractivity contribution is 5.79. The molecule has 98 valence electrons. The number of carbonyl (C=O) groups is 1. The van der Waals surface area contributed by atoms with Gasteiger partial charge in [-0.2, -0.15) is 5.10 Å². The fourth-order valence-corrected chi connectivity index (χ4v) is 2.42. The van der Waals surface area contributed by atoms with Gasteiger partial charge in [0.2, 0.25) is 5.91 Å². The van der Waals surface area contributed by atoms with Crippen molar-refractivity contribution in [2.75, 3.05) is 7.05 Å². The first-order valence-corrected chi connectivity index (χ1v) is 6.54. The number of rotatable bonds is 4. The van der Waals surface area contributed by atoms with E-state index in [1.54, 1.807) is 0 Å². The van der Waals surface area contributed by atoms with Crippen LogP contribution in [0.2, 0.25) is 0 Å². The Hall–Kier alpha value is -1.58. The average molecular weight is 247 g/mol. The molecule has 1 aliphatic rings. The summed E-state index contributed by atoms with van der Waals surface area (Å²) in [7, 11) is 1.88. The minimum absolute atomic E-state index is 0.150. The SMILES string of the molecule is CCn1ncc(CN(C)C(=O)C2CC=CC2)c1C. The van der Waals surface area contributed by atoms with Crippen LogP contribution >= 0.6 is 0 Å². The first kappa shape index (κ1) is 12.9. The van der Waals surface area contributed by atoms with Crippen molar-refractivity contribution >= 4 is 5.91 Å². The molecule has 0 unspecified atom stereocenters. The summed E-state index contributed by atoms with van der Waals surface area (Å²) in [6, 6.07) is 0. The summed E-state index contributed by atoms with van der Waals surface area (Å²) < 4.78 is 1.96. The predicted octanol–water partition coefficient (Wildman–Crippen LogP) is 2.14. The molecule has 0 fully saturated rings. The predicted molar refractivity (Wildman–Crippen MR) is 71.0 cm³/mol. The molecule has 0 saturated carbocycles. The summed E-state index contributed by atoms with van der Waals surface area (Å²) in [6.45, 7) is 5.65. The minimum atomic E-state index is 0.150. The third-order valence-electron chi connectivity index (χ3n) is 3.65. The van der Waals surface area contributed by atoms with Crippen LogP contribution in [0, 0.1) is 12.8 Å². The molecule has 1 amide bonds. The van der Waals surface area contributed by atoms with Crippen LogP contribution in [0.1, 0.15) is 31.0 Å². The maximum absolute atomic E-state index is 12.2. The molecule has 0 saturated heterocycles. The Morgan fingerprint density at radius 2 is 2.17 bits per heavy atom. The molecule has 0 N–H and O–H groups in total. The first-order valence-electron chi connectivity index (χ1n) is 6.54. The fourth-order valence-electron chi connectivity index (χ4n) is 2.42. The number of hydrogen-bond acceptors (Lipinski definition) is 2. The Labute approximate surface area is 108 Å². The lowest BCUT2D eigenvalue weighted by Crippen LogP contribution is -2.31. The minimum Gasteiger partial charge on any atom is -0.341 e. The van der Waals surface area contributed by atoms with E-state index in [0.29, 0.717) is 6.54 Å². The highest BCUT2D eigenvalue weighted by atomic mass is 16.2. The molecule has 0 aromatic carbocycles. The zero-order valence-corrected chi connectivity index (χ0v) is 11.4. The molecule has 1 aromatic heterocycles. The van der Waals surface area contributed by atoms with Crippen molar-refractivity contribution in [3.05, 3.63) is 29.6 Å². The molecule has 0 aliphatic heterocycles. The van der Waals surface area contributed by atoms with Crippen LogP contribution in [-0.4, -0.2) is 27.6 Å². The van der Waals surface area contributed by atoms with E-state index in [2.05, 4.69) is 31.1 Å². The third-order valence-corrected chi connectivity index (χ3v) is 3.65.